The Labute approximate surface area is 171 Å². The Balaban J connectivity index is 1.49. The van der Waals surface area contributed by atoms with Gasteiger partial charge in [0, 0.05) is 24.7 Å². The maximum absolute atomic E-state index is 12.9. The first-order chi connectivity index (χ1) is 14.0. The van der Waals surface area contributed by atoms with E-state index in [1.54, 1.807) is 18.2 Å². The Bertz CT molecular complexity index is 952. The molecule has 4 rings (SSSR count). The third-order valence-corrected chi connectivity index (χ3v) is 7.40. The zero-order chi connectivity index (χ0) is 20.3. The van der Waals surface area contributed by atoms with Crippen LogP contribution in [0.4, 0.5) is 0 Å². The van der Waals surface area contributed by atoms with Crippen molar-refractivity contribution >= 4 is 15.9 Å². The molecular weight excluding hydrogens is 388 g/mol. The Morgan fingerprint density at radius 1 is 1.07 bits per heavy atom. The minimum atomic E-state index is -3.63. The van der Waals surface area contributed by atoms with Gasteiger partial charge in [-0.05, 0) is 48.9 Å². The van der Waals surface area contributed by atoms with Crippen molar-refractivity contribution in [2.75, 3.05) is 26.3 Å². The summed E-state index contributed by atoms with van der Waals surface area (Å²) in [6, 6.07) is 16.5. The first kappa shape index (κ1) is 20.1. The molecule has 1 saturated heterocycles. The second kappa shape index (κ2) is 8.65. The molecule has 1 heterocycles. The SMILES string of the molecule is O=C(NC(Cc1ccccc1)C1CC1)c1cccc(S(=O)(=O)N2CCOCC2)c1. The Morgan fingerprint density at radius 3 is 2.48 bits per heavy atom. The maximum atomic E-state index is 12.9. The van der Waals surface area contributed by atoms with Gasteiger partial charge in [0.05, 0.1) is 18.1 Å². The summed E-state index contributed by atoms with van der Waals surface area (Å²) in [5, 5.41) is 3.13. The summed E-state index contributed by atoms with van der Waals surface area (Å²) in [6.45, 7) is 1.45. The summed E-state index contributed by atoms with van der Waals surface area (Å²) < 4.78 is 32.4. The van der Waals surface area contributed by atoms with E-state index >= 15 is 0 Å². The van der Waals surface area contributed by atoms with Crippen molar-refractivity contribution in [3.8, 4) is 0 Å². The minimum Gasteiger partial charge on any atom is -0.379 e. The molecule has 6 nitrogen and oxygen atoms in total. The minimum absolute atomic E-state index is 0.0596. The molecule has 0 radical (unpaired) electrons. The van der Waals surface area contributed by atoms with E-state index < -0.39 is 10.0 Å². The van der Waals surface area contributed by atoms with Crippen LogP contribution < -0.4 is 5.32 Å². The molecular formula is C22H26N2O4S. The topological polar surface area (TPSA) is 75.7 Å². The molecule has 1 amide bonds. The molecule has 154 valence electrons. The van der Waals surface area contributed by atoms with Crippen LogP contribution in [0.15, 0.2) is 59.5 Å². The summed E-state index contributed by atoms with van der Waals surface area (Å²) >= 11 is 0. The molecule has 2 fully saturated rings. The summed E-state index contributed by atoms with van der Waals surface area (Å²) in [5.41, 5.74) is 1.56. The number of benzene rings is 2. The first-order valence-electron chi connectivity index (χ1n) is 10.1. The first-order valence-corrected chi connectivity index (χ1v) is 11.5. The lowest BCUT2D eigenvalue weighted by Crippen LogP contribution is -2.41. The van der Waals surface area contributed by atoms with Crippen LogP contribution in [0.5, 0.6) is 0 Å². The summed E-state index contributed by atoms with van der Waals surface area (Å²) in [7, 11) is -3.63. The number of rotatable bonds is 7. The predicted octanol–water partition coefficient (Wildman–Crippen LogP) is 2.46. The molecule has 0 spiro atoms. The standard InChI is InChI=1S/C22H26N2O4S/c25-22(23-21(18-9-10-18)15-17-5-2-1-3-6-17)19-7-4-8-20(16-19)29(26,27)24-11-13-28-14-12-24/h1-8,16,18,21H,9-15H2,(H,23,25). The van der Waals surface area contributed by atoms with Crippen LogP contribution in [0.3, 0.4) is 0 Å². The molecule has 1 unspecified atom stereocenters. The maximum Gasteiger partial charge on any atom is 0.251 e. The lowest BCUT2D eigenvalue weighted by Gasteiger charge is -2.26. The van der Waals surface area contributed by atoms with Gasteiger partial charge in [0.25, 0.3) is 5.91 Å². The second-order valence-corrected chi connectivity index (χ2v) is 9.59. The second-order valence-electron chi connectivity index (χ2n) is 7.65. The van der Waals surface area contributed by atoms with Gasteiger partial charge in [0.1, 0.15) is 0 Å². The van der Waals surface area contributed by atoms with E-state index in [2.05, 4.69) is 17.4 Å². The molecule has 1 atom stereocenters. The Morgan fingerprint density at radius 2 is 1.79 bits per heavy atom. The third kappa shape index (κ3) is 4.86. The van der Waals surface area contributed by atoms with Crippen LogP contribution in [0.1, 0.15) is 28.8 Å². The van der Waals surface area contributed by atoms with Crippen LogP contribution in [0, 0.1) is 5.92 Å². The number of carbonyl (C=O) groups is 1. The molecule has 1 aliphatic carbocycles. The van der Waals surface area contributed by atoms with E-state index in [1.807, 2.05) is 18.2 Å². The van der Waals surface area contributed by atoms with E-state index in [4.69, 9.17) is 4.74 Å². The fraction of sp³-hybridized carbons (Fsp3) is 0.409. The fourth-order valence-electron chi connectivity index (χ4n) is 3.69. The molecule has 29 heavy (non-hydrogen) atoms. The molecule has 0 bridgehead atoms. The van der Waals surface area contributed by atoms with Gasteiger partial charge >= 0.3 is 0 Å². The van der Waals surface area contributed by atoms with Crippen molar-refractivity contribution in [2.45, 2.75) is 30.2 Å². The normalized spacial score (nSPS) is 18.9. The van der Waals surface area contributed by atoms with E-state index in [0.29, 0.717) is 37.8 Å². The number of morpholine rings is 1. The average molecular weight is 415 g/mol. The highest BCUT2D eigenvalue weighted by Crippen LogP contribution is 2.34. The number of hydrogen-bond acceptors (Lipinski definition) is 4. The number of amides is 1. The van der Waals surface area contributed by atoms with Gasteiger partial charge in [0.2, 0.25) is 10.0 Å². The van der Waals surface area contributed by atoms with E-state index in [-0.39, 0.29) is 16.8 Å². The molecule has 1 saturated carbocycles. The van der Waals surface area contributed by atoms with Crippen LogP contribution in [0.2, 0.25) is 0 Å². The number of hydrogen-bond donors (Lipinski definition) is 1. The molecule has 2 aromatic carbocycles. The zero-order valence-electron chi connectivity index (χ0n) is 16.3. The van der Waals surface area contributed by atoms with E-state index in [1.165, 1.54) is 15.9 Å². The van der Waals surface area contributed by atoms with E-state index in [0.717, 1.165) is 19.3 Å². The zero-order valence-corrected chi connectivity index (χ0v) is 17.1. The van der Waals surface area contributed by atoms with Crippen molar-refractivity contribution < 1.29 is 17.9 Å². The Hall–Kier alpha value is -2.22. The van der Waals surface area contributed by atoms with Crippen molar-refractivity contribution in [1.82, 2.24) is 9.62 Å². The van der Waals surface area contributed by atoms with Crippen LogP contribution in [-0.4, -0.2) is 51.0 Å². The van der Waals surface area contributed by atoms with Crippen molar-refractivity contribution in [1.29, 1.82) is 0 Å². The van der Waals surface area contributed by atoms with Crippen LogP contribution >= 0.6 is 0 Å². The van der Waals surface area contributed by atoms with Gasteiger partial charge in [-0.3, -0.25) is 4.79 Å². The lowest BCUT2D eigenvalue weighted by atomic mass is 10.0. The van der Waals surface area contributed by atoms with Crippen molar-refractivity contribution in [3.05, 3.63) is 65.7 Å². The van der Waals surface area contributed by atoms with Gasteiger partial charge in [-0.25, -0.2) is 8.42 Å². The summed E-state index contributed by atoms with van der Waals surface area (Å²) in [4.78, 5) is 13.0. The van der Waals surface area contributed by atoms with Gasteiger partial charge in [-0.2, -0.15) is 4.31 Å². The number of carbonyl (C=O) groups excluding carboxylic acids is 1. The van der Waals surface area contributed by atoms with Crippen LogP contribution in [0.25, 0.3) is 0 Å². The van der Waals surface area contributed by atoms with Crippen molar-refractivity contribution in [3.63, 3.8) is 0 Å². The highest BCUT2D eigenvalue weighted by atomic mass is 32.2. The highest BCUT2D eigenvalue weighted by molar-refractivity contribution is 7.89. The number of nitrogens with one attached hydrogen (secondary N) is 1. The van der Waals surface area contributed by atoms with Crippen molar-refractivity contribution in [2.24, 2.45) is 5.92 Å². The number of ether oxygens (including phenoxy) is 1. The highest BCUT2D eigenvalue weighted by Gasteiger charge is 2.33. The molecule has 7 heteroatoms. The molecule has 1 aliphatic heterocycles. The fourth-order valence-corrected chi connectivity index (χ4v) is 5.14. The number of sulfonamides is 1. The smallest absolute Gasteiger partial charge is 0.251 e. The van der Waals surface area contributed by atoms with Gasteiger partial charge in [-0.15, -0.1) is 0 Å². The third-order valence-electron chi connectivity index (χ3n) is 5.51. The summed E-state index contributed by atoms with van der Waals surface area (Å²) in [5.74, 6) is 0.260. The van der Waals surface area contributed by atoms with E-state index in [9.17, 15) is 13.2 Å². The molecule has 1 N–H and O–H groups in total. The molecule has 0 aromatic heterocycles. The van der Waals surface area contributed by atoms with Crippen LogP contribution in [-0.2, 0) is 21.2 Å². The molecule has 2 aliphatic rings. The quantitative estimate of drug-likeness (QED) is 0.755. The van der Waals surface area contributed by atoms with Gasteiger partial charge < -0.3 is 10.1 Å². The largest absolute Gasteiger partial charge is 0.379 e. The Kier molecular flexibility index (Phi) is 5.99. The predicted molar refractivity (Wildman–Crippen MR) is 110 cm³/mol. The summed E-state index contributed by atoms with van der Waals surface area (Å²) in [6.07, 6.45) is 3.01. The number of nitrogens with zero attached hydrogens (tertiary/aromatic N) is 1. The van der Waals surface area contributed by atoms with Gasteiger partial charge in [-0.1, -0.05) is 36.4 Å². The van der Waals surface area contributed by atoms with Gasteiger partial charge in [0.15, 0.2) is 0 Å². The average Bonchev–Trinajstić information content (AvgIpc) is 3.60. The molecule has 2 aromatic rings. The monoisotopic (exact) mass is 414 g/mol. The lowest BCUT2D eigenvalue weighted by molar-refractivity contribution is 0.0730.